The SMILES string of the molecule is C=C.CCCCCCCCCCCCCCCC=CC(=O)O. The van der Waals surface area contributed by atoms with Crippen molar-refractivity contribution < 1.29 is 9.90 Å². The Bertz CT molecular complexity index is 246. The number of carboxylic acids is 1. The molecule has 0 saturated heterocycles. The molecule has 130 valence electrons. The second-order valence-corrected chi connectivity index (χ2v) is 5.77. The van der Waals surface area contributed by atoms with Crippen molar-refractivity contribution >= 4 is 5.97 Å². The average molecular weight is 311 g/mol. The van der Waals surface area contributed by atoms with Gasteiger partial charge >= 0.3 is 5.97 Å². The summed E-state index contributed by atoms with van der Waals surface area (Å²) in [5, 5.41) is 8.43. The Labute approximate surface area is 138 Å². The van der Waals surface area contributed by atoms with Gasteiger partial charge in [-0.2, -0.15) is 0 Å². The van der Waals surface area contributed by atoms with Gasteiger partial charge in [0, 0.05) is 6.08 Å². The van der Waals surface area contributed by atoms with E-state index in [1.165, 1.54) is 83.1 Å². The predicted molar refractivity (Wildman–Crippen MR) is 98.3 cm³/mol. The van der Waals surface area contributed by atoms with Crippen LogP contribution in [0.15, 0.2) is 25.3 Å². The van der Waals surface area contributed by atoms with Crippen LogP contribution in [0, 0.1) is 0 Å². The van der Waals surface area contributed by atoms with Crippen molar-refractivity contribution in [3.05, 3.63) is 25.3 Å². The zero-order chi connectivity index (χ0) is 16.9. The molecule has 0 radical (unpaired) electrons. The van der Waals surface area contributed by atoms with Crippen molar-refractivity contribution in [2.45, 2.75) is 96.8 Å². The first-order valence-corrected chi connectivity index (χ1v) is 9.17. The van der Waals surface area contributed by atoms with Crippen molar-refractivity contribution in [2.24, 2.45) is 0 Å². The summed E-state index contributed by atoms with van der Waals surface area (Å²) in [5.41, 5.74) is 0. The Morgan fingerprint density at radius 3 is 1.50 bits per heavy atom. The molecule has 2 heteroatoms. The van der Waals surface area contributed by atoms with Crippen LogP contribution in [0.1, 0.15) is 96.8 Å². The molecule has 0 unspecified atom stereocenters. The molecule has 0 amide bonds. The Morgan fingerprint density at radius 1 is 0.773 bits per heavy atom. The van der Waals surface area contributed by atoms with Crippen LogP contribution < -0.4 is 0 Å². The number of hydrogen-bond acceptors (Lipinski definition) is 1. The van der Waals surface area contributed by atoms with E-state index >= 15 is 0 Å². The first kappa shape index (κ1) is 23.2. The summed E-state index contributed by atoms with van der Waals surface area (Å²) in [7, 11) is 0. The third kappa shape index (κ3) is 24.0. The average Bonchev–Trinajstić information content (AvgIpc) is 2.53. The fraction of sp³-hybridized carbons (Fsp3) is 0.750. The fourth-order valence-corrected chi connectivity index (χ4v) is 2.46. The molecule has 0 aliphatic carbocycles. The largest absolute Gasteiger partial charge is 0.478 e. The maximum Gasteiger partial charge on any atom is 0.327 e. The van der Waals surface area contributed by atoms with Gasteiger partial charge in [0.05, 0.1) is 0 Å². The smallest absolute Gasteiger partial charge is 0.327 e. The van der Waals surface area contributed by atoms with Crippen molar-refractivity contribution in [3.63, 3.8) is 0 Å². The molecule has 0 aliphatic heterocycles. The van der Waals surface area contributed by atoms with Gasteiger partial charge in [0.1, 0.15) is 0 Å². The summed E-state index contributed by atoms with van der Waals surface area (Å²) in [5.74, 6) is -0.834. The minimum atomic E-state index is -0.834. The number of rotatable bonds is 15. The molecule has 22 heavy (non-hydrogen) atoms. The van der Waals surface area contributed by atoms with Gasteiger partial charge in [0.25, 0.3) is 0 Å². The maximum atomic E-state index is 10.2. The van der Waals surface area contributed by atoms with Gasteiger partial charge in [-0.15, -0.1) is 13.2 Å². The lowest BCUT2D eigenvalue weighted by Crippen LogP contribution is -1.86. The van der Waals surface area contributed by atoms with Gasteiger partial charge in [-0.3, -0.25) is 0 Å². The predicted octanol–water partition coefficient (Wildman–Crippen LogP) is 6.91. The lowest BCUT2D eigenvalue weighted by Gasteiger charge is -2.02. The number of unbranched alkanes of at least 4 members (excludes halogenated alkanes) is 13. The molecular formula is C20H38O2. The summed E-state index contributed by atoms with van der Waals surface area (Å²) in [6.07, 6.45) is 21.6. The molecule has 1 N–H and O–H groups in total. The lowest BCUT2D eigenvalue weighted by atomic mass is 10.0. The van der Waals surface area contributed by atoms with E-state index in [-0.39, 0.29) is 0 Å². The Balaban J connectivity index is 0. The van der Waals surface area contributed by atoms with Crippen molar-refractivity contribution in [1.29, 1.82) is 0 Å². The molecule has 0 heterocycles. The standard InChI is InChI=1S/C18H34O2.C2H4/c1-2-3-4-5-6-7-8-9-10-11-12-13-14-15-16-17-18(19)20;1-2/h16-17H,2-15H2,1H3,(H,19,20);1-2H2. The highest BCUT2D eigenvalue weighted by molar-refractivity contribution is 5.79. The molecule has 0 rings (SSSR count). The van der Waals surface area contributed by atoms with E-state index < -0.39 is 5.97 Å². The number of aliphatic carboxylic acids is 1. The molecule has 0 aromatic carbocycles. The number of hydrogen-bond donors (Lipinski definition) is 1. The van der Waals surface area contributed by atoms with Crippen molar-refractivity contribution in [2.75, 3.05) is 0 Å². The summed E-state index contributed by atoms with van der Waals surface area (Å²) < 4.78 is 0. The highest BCUT2D eigenvalue weighted by Gasteiger charge is 1.93. The fourth-order valence-electron chi connectivity index (χ4n) is 2.46. The zero-order valence-corrected chi connectivity index (χ0v) is 14.8. The lowest BCUT2D eigenvalue weighted by molar-refractivity contribution is -0.131. The van der Waals surface area contributed by atoms with Crippen molar-refractivity contribution in [3.8, 4) is 0 Å². The van der Waals surface area contributed by atoms with E-state index in [1.807, 2.05) is 0 Å². The van der Waals surface area contributed by atoms with Gasteiger partial charge in [-0.1, -0.05) is 90.0 Å². The van der Waals surface area contributed by atoms with E-state index in [4.69, 9.17) is 5.11 Å². The topological polar surface area (TPSA) is 37.3 Å². The Morgan fingerprint density at radius 2 is 1.14 bits per heavy atom. The summed E-state index contributed by atoms with van der Waals surface area (Å²) >= 11 is 0. The molecule has 0 bridgehead atoms. The third-order valence-corrected chi connectivity index (χ3v) is 3.73. The Kier molecular flexibility index (Phi) is 23.5. The van der Waals surface area contributed by atoms with Crippen LogP contribution in [0.4, 0.5) is 0 Å². The molecule has 2 nitrogen and oxygen atoms in total. The van der Waals surface area contributed by atoms with Gasteiger partial charge < -0.3 is 5.11 Å². The Hall–Kier alpha value is -1.05. The molecule has 0 aliphatic rings. The summed E-state index contributed by atoms with van der Waals surface area (Å²) in [6, 6.07) is 0. The minimum Gasteiger partial charge on any atom is -0.478 e. The highest BCUT2D eigenvalue weighted by atomic mass is 16.4. The van der Waals surface area contributed by atoms with Crippen LogP contribution in [0.5, 0.6) is 0 Å². The van der Waals surface area contributed by atoms with Crippen LogP contribution in [-0.4, -0.2) is 11.1 Å². The molecule has 0 aromatic rings. The minimum absolute atomic E-state index is 0.834. The van der Waals surface area contributed by atoms with E-state index in [1.54, 1.807) is 6.08 Å². The van der Waals surface area contributed by atoms with E-state index in [9.17, 15) is 4.79 Å². The van der Waals surface area contributed by atoms with E-state index in [2.05, 4.69) is 20.1 Å². The highest BCUT2D eigenvalue weighted by Crippen LogP contribution is 2.12. The molecule has 0 saturated carbocycles. The van der Waals surface area contributed by atoms with Crippen LogP contribution in [0.25, 0.3) is 0 Å². The molecule has 0 atom stereocenters. The number of carboxylic acid groups (broad SMARTS) is 1. The van der Waals surface area contributed by atoms with E-state index in [0.717, 1.165) is 12.8 Å². The summed E-state index contributed by atoms with van der Waals surface area (Å²) in [4.78, 5) is 10.2. The third-order valence-electron chi connectivity index (χ3n) is 3.73. The van der Waals surface area contributed by atoms with Crippen LogP contribution >= 0.6 is 0 Å². The quantitative estimate of drug-likeness (QED) is 0.203. The van der Waals surface area contributed by atoms with Gasteiger partial charge in [-0.25, -0.2) is 4.79 Å². The summed E-state index contributed by atoms with van der Waals surface area (Å²) in [6.45, 7) is 8.27. The maximum absolute atomic E-state index is 10.2. The molecule has 0 fully saturated rings. The first-order valence-electron chi connectivity index (χ1n) is 9.17. The van der Waals surface area contributed by atoms with Crippen LogP contribution in [-0.2, 0) is 4.79 Å². The number of allylic oxidation sites excluding steroid dienone is 1. The molecule has 0 spiro atoms. The monoisotopic (exact) mass is 310 g/mol. The molecule has 0 aromatic heterocycles. The van der Waals surface area contributed by atoms with Crippen molar-refractivity contribution in [1.82, 2.24) is 0 Å². The van der Waals surface area contributed by atoms with Crippen LogP contribution in [0.3, 0.4) is 0 Å². The second-order valence-electron chi connectivity index (χ2n) is 5.77. The molecular weight excluding hydrogens is 272 g/mol. The second kappa shape index (κ2) is 22.2. The van der Waals surface area contributed by atoms with E-state index in [0.29, 0.717) is 0 Å². The zero-order valence-electron chi connectivity index (χ0n) is 14.8. The first-order chi connectivity index (χ1) is 10.8. The van der Waals surface area contributed by atoms with Crippen LogP contribution in [0.2, 0.25) is 0 Å². The number of carbonyl (C=O) groups is 1. The van der Waals surface area contributed by atoms with Gasteiger partial charge in [0.15, 0.2) is 0 Å². The normalized spacial score (nSPS) is 10.4. The van der Waals surface area contributed by atoms with Gasteiger partial charge in [0.2, 0.25) is 0 Å². The van der Waals surface area contributed by atoms with Gasteiger partial charge in [-0.05, 0) is 12.8 Å².